The Hall–Kier alpha value is -2.50. The maximum Gasteiger partial charge on any atom is 0.251 e. The van der Waals surface area contributed by atoms with Crippen molar-refractivity contribution in [3.63, 3.8) is 0 Å². The van der Waals surface area contributed by atoms with Crippen LogP contribution in [0.2, 0.25) is 0 Å². The van der Waals surface area contributed by atoms with Gasteiger partial charge in [-0.2, -0.15) is 0 Å². The van der Waals surface area contributed by atoms with Crippen LogP contribution in [0, 0.1) is 0 Å². The van der Waals surface area contributed by atoms with Crippen LogP contribution in [0.15, 0.2) is 36.9 Å². The van der Waals surface area contributed by atoms with Gasteiger partial charge in [0.1, 0.15) is 0 Å². The van der Waals surface area contributed by atoms with E-state index >= 15 is 0 Å². The summed E-state index contributed by atoms with van der Waals surface area (Å²) in [5.41, 5.74) is 7.98. The number of benzene rings is 1. The topological polar surface area (TPSA) is 85.0 Å². The van der Waals surface area contributed by atoms with E-state index in [9.17, 15) is 4.79 Å². The molecule has 1 aromatic carbocycles. The zero-order valence-corrected chi connectivity index (χ0v) is 12.2. The highest BCUT2D eigenvalue weighted by molar-refractivity contribution is 5.96. The maximum atomic E-state index is 11.8. The quantitative estimate of drug-likeness (QED) is 0.534. The van der Waals surface area contributed by atoms with Crippen molar-refractivity contribution in [2.75, 3.05) is 24.1 Å². The van der Waals surface area contributed by atoms with Gasteiger partial charge in [-0.15, -0.1) is 0 Å². The molecule has 1 aromatic heterocycles. The van der Waals surface area contributed by atoms with Crippen LogP contribution in [-0.4, -0.2) is 28.5 Å². The number of hydrogen-bond donors (Lipinski definition) is 3. The van der Waals surface area contributed by atoms with Gasteiger partial charge in [0, 0.05) is 37.6 Å². The summed E-state index contributed by atoms with van der Waals surface area (Å²) in [5, 5.41) is 6.05. The number of nitrogen functional groups attached to an aromatic ring is 1. The van der Waals surface area contributed by atoms with E-state index in [1.165, 1.54) is 0 Å². The number of carbonyl (C=O) groups excluding carboxylic acids is 1. The molecular weight excluding hydrogens is 266 g/mol. The van der Waals surface area contributed by atoms with Crippen molar-refractivity contribution in [1.82, 2.24) is 14.9 Å². The number of aromatic nitrogens is 2. The summed E-state index contributed by atoms with van der Waals surface area (Å²) in [4.78, 5) is 15.8. The van der Waals surface area contributed by atoms with Crippen LogP contribution in [0.3, 0.4) is 0 Å². The van der Waals surface area contributed by atoms with Gasteiger partial charge in [0.2, 0.25) is 0 Å². The Morgan fingerprint density at radius 1 is 1.43 bits per heavy atom. The number of amides is 1. The zero-order valence-electron chi connectivity index (χ0n) is 12.2. The summed E-state index contributed by atoms with van der Waals surface area (Å²) in [5.74, 6) is -0.0843. The lowest BCUT2D eigenvalue weighted by Gasteiger charge is -2.11. The number of nitrogens with one attached hydrogen (secondary N) is 2. The van der Waals surface area contributed by atoms with E-state index in [-0.39, 0.29) is 5.91 Å². The van der Waals surface area contributed by atoms with Crippen molar-refractivity contribution in [1.29, 1.82) is 0 Å². The van der Waals surface area contributed by atoms with Gasteiger partial charge in [0.25, 0.3) is 5.91 Å². The van der Waals surface area contributed by atoms with Crippen molar-refractivity contribution < 1.29 is 4.79 Å². The first-order valence-electron chi connectivity index (χ1n) is 7.08. The minimum atomic E-state index is -0.0843. The second-order valence-corrected chi connectivity index (χ2v) is 4.74. The third kappa shape index (κ3) is 4.24. The number of imidazole rings is 1. The van der Waals surface area contributed by atoms with E-state index in [1.54, 1.807) is 30.7 Å². The first-order chi connectivity index (χ1) is 10.2. The van der Waals surface area contributed by atoms with Crippen LogP contribution >= 0.6 is 0 Å². The molecule has 0 atom stereocenters. The van der Waals surface area contributed by atoms with E-state index in [4.69, 9.17) is 5.73 Å². The van der Waals surface area contributed by atoms with Gasteiger partial charge in [0.05, 0.1) is 17.7 Å². The Kier molecular flexibility index (Phi) is 5.20. The van der Waals surface area contributed by atoms with Gasteiger partial charge >= 0.3 is 0 Å². The maximum absolute atomic E-state index is 11.8. The summed E-state index contributed by atoms with van der Waals surface area (Å²) in [6, 6.07) is 5.28. The average Bonchev–Trinajstić information content (AvgIpc) is 2.98. The van der Waals surface area contributed by atoms with Crippen LogP contribution < -0.4 is 16.4 Å². The standard InChI is InChI=1S/C15H21N5O/c1-2-18-15(21)12-4-5-13(16)14(10-12)19-6-3-8-20-9-7-17-11-20/h4-5,7,9-11,19H,2-3,6,8,16H2,1H3,(H,18,21). The fraction of sp³-hybridized carbons (Fsp3) is 0.333. The second kappa shape index (κ2) is 7.33. The third-order valence-corrected chi connectivity index (χ3v) is 3.12. The Balaban J connectivity index is 1.89. The SMILES string of the molecule is CCNC(=O)c1ccc(N)c(NCCCn2ccnc2)c1. The monoisotopic (exact) mass is 287 g/mol. The van der Waals surface area contributed by atoms with Crippen molar-refractivity contribution in [3.05, 3.63) is 42.5 Å². The minimum Gasteiger partial charge on any atom is -0.397 e. The highest BCUT2D eigenvalue weighted by Gasteiger charge is 2.07. The first kappa shape index (κ1) is 14.9. The number of rotatable bonds is 7. The van der Waals surface area contributed by atoms with Gasteiger partial charge in [-0.25, -0.2) is 4.98 Å². The number of carbonyl (C=O) groups is 1. The van der Waals surface area contributed by atoms with Crippen molar-refractivity contribution in [2.45, 2.75) is 19.9 Å². The van der Waals surface area contributed by atoms with Gasteiger partial charge in [0.15, 0.2) is 0 Å². The molecule has 21 heavy (non-hydrogen) atoms. The molecule has 4 N–H and O–H groups in total. The molecule has 1 amide bonds. The van der Waals surface area contributed by atoms with E-state index < -0.39 is 0 Å². The van der Waals surface area contributed by atoms with E-state index in [0.29, 0.717) is 17.8 Å². The number of nitrogens with zero attached hydrogens (tertiary/aromatic N) is 2. The highest BCUT2D eigenvalue weighted by atomic mass is 16.1. The van der Waals surface area contributed by atoms with E-state index in [0.717, 1.165) is 25.2 Å². The molecule has 112 valence electrons. The molecular formula is C15H21N5O. The molecule has 0 aliphatic rings. The Morgan fingerprint density at radius 2 is 2.29 bits per heavy atom. The molecule has 6 nitrogen and oxygen atoms in total. The number of anilines is 2. The van der Waals surface area contributed by atoms with Gasteiger partial charge in [-0.1, -0.05) is 0 Å². The zero-order chi connectivity index (χ0) is 15.1. The molecule has 0 aliphatic heterocycles. The molecule has 6 heteroatoms. The molecule has 1 heterocycles. The number of aryl methyl sites for hydroxylation is 1. The fourth-order valence-corrected chi connectivity index (χ4v) is 2.02. The van der Waals surface area contributed by atoms with E-state index in [1.807, 2.05) is 17.7 Å². The number of hydrogen-bond acceptors (Lipinski definition) is 4. The third-order valence-electron chi connectivity index (χ3n) is 3.12. The minimum absolute atomic E-state index is 0.0843. The molecule has 0 bridgehead atoms. The second-order valence-electron chi connectivity index (χ2n) is 4.74. The fourth-order valence-electron chi connectivity index (χ4n) is 2.02. The molecule has 0 saturated heterocycles. The van der Waals surface area contributed by atoms with Crippen LogP contribution in [0.4, 0.5) is 11.4 Å². The Morgan fingerprint density at radius 3 is 3.00 bits per heavy atom. The Bertz CT molecular complexity index is 580. The van der Waals surface area contributed by atoms with Crippen molar-refractivity contribution >= 4 is 17.3 Å². The first-order valence-corrected chi connectivity index (χ1v) is 7.08. The predicted octanol–water partition coefficient (Wildman–Crippen LogP) is 1.72. The smallest absolute Gasteiger partial charge is 0.251 e. The summed E-state index contributed by atoms with van der Waals surface area (Å²) < 4.78 is 2.02. The number of nitrogens with two attached hydrogens (primary N) is 1. The molecule has 2 aromatic rings. The summed E-state index contributed by atoms with van der Waals surface area (Å²) in [7, 11) is 0. The summed E-state index contributed by atoms with van der Waals surface area (Å²) in [6.07, 6.45) is 6.44. The lowest BCUT2D eigenvalue weighted by molar-refractivity contribution is 0.0956. The van der Waals surface area contributed by atoms with Gasteiger partial charge in [-0.05, 0) is 31.5 Å². The van der Waals surface area contributed by atoms with Crippen LogP contribution in [0.25, 0.3) is 0 Å². The average molecular weight is 287 g/mol. The molecule has 0 fully saturated rings. The van der Waals surface area contributed by atoms with Gasteiger partial charge in [-0.3, -0.25) is 4.79 Å². The highest BCUT2D eigenvalue weighted by Crippen LogP contribution is 2.20. The molecule has 0 aliphatic carbocycles. The van der Waals surface area contributed by atoms with Crippen LogP contribution in [0.1, 0.15) is 23.7 Å². The molecule has 0 radical (unpaired) electrons. The predicted molar refractivity (Wildman–Crippen MR) is 84.2 cm³/mol. The normalized spacial score (nSPS) is 10.3. The molecule has 0 spiro atoms. The van der Waals surface area contributed by atoms with Crippen molar-refractivity contribution in [3.8, 4) is 0 Å². The Labute approximate surface area is 124 Å². The van der Waals surface area contributed by atoms with Crippen LogP contribution in [-0.2, 0) is 6.54 Å². The molecule has 0 saturated carbocycles. The van der Waals surface area contributed by atoms with Crippen LogP contribution in [0.5, 0.6) is 0 Å². The van der Waals surface area contributed by atoms with Crippen molar-refractivity contribution in [2.24, 2.45) is 0 Å². The summed E-state index contributed by atoms with van der Waals surface area (Å²) >= 11 is 0. The lowest BCUT2D eigenvalue weighted by atomic mass is 10.1. The van der Waals surface area contributed by atoms with Gasteiger partial charge < -0.3 is 20.9 Å². The van der Waals surface area contributed by atoms with E-state index in [2.05, 4.69) is 15.6 Å². The lowest BCUT2D eigenvalue weighted by Crippen LogP contribution is -2.22. The molecule has 2 rings (SSSR count). The summed E-state index contributed by atoms with van der Waals surface area (Å²) in [6.45, 7) is 4.17. The molecule has 0 unspecified atom stereocenters. The largest absolute Gasteiger partial charge is 0.397 e.